The largest absolute Gasteiger partial charge is 0.496 e. The molecule has 204 valence electrons. The molecule has 5 rings (SSSR count). The summed E-state index contributed by atoms with van der Waals surface area (Å²) in [5.74, 6) is 2.24. The van der Waals surface area contributed by atoms with E-state index in [1.54, 1.807) is 31.4 Å². The number of rotatable bonds is 8. The van der Waals surface area contributed by atoms with Crippen molar-refractivity contribution in [2.24, 2.45) is 0 Å². The van der Waals surface area contributed by atoms with Gasteiger partial charge in [-0.05, 0) is 97.4 Å². The first-order valence-corrected chi connectivity index (χ1v) is 14.6. The molecule has 0 N–H and O–H groups in total. The molecule has 0 radical (unpaired) electrons. The van der Waals surface area contributed by atoms with Gasteiger partial charge in [0.1, 0.15) is 11.5 Å². The summed E-state index contributed by atoms with van der Waals surface area (Å²) in [6.45, 7) is 1.52. The zero-order valence-electron chi connectivity index (χ0n) is 23.3. The van der Waals surface area contributed by atoms with Gasteiger partial charge in [0.25, 0.3) is 0 Å². The SMILES string of the molecule is COc1ccc(Cc2ccc(OC(=O)c3ccc(C(C)=O)cc3)c(C3CCCCC3)c2)cc1C1CCCCC1. The second kappa shape index (κ2) is 12.6. The third-order valence-electron chi connectivity index (χ3n) is 8.60. The van der Waals surface area contributed by atoms with Gasteiger partial charge >= 0.3 is 5.97 Å². The van der Waals surface area contributed by atoms with Crippen molar-refractivity contribution < 1.29 is 19.1 Å². The van der Waals surface area contributed by atoms with Crippen LogP contribution in [-0.2, 0) is 6.42 Å². The van der Waals surface area contributed by atoms with Crippen molar-refractivity contribution >= 4 is 11.8 Å². The minimum absolute atomic E-state index is 0.0205. The van der Waals surface area contributed by atoms with E-state index in [1.807, 2.05) is 6.07 Å². The Hall–Kier alpha value is -3.40. The van der Waals surface area contributed by atoms with E-state index in [2.05, 4.69) is 30.3 Å². The maximum Gasteiger partial charge on any atom is 0.343 e. The molecule has 0 atom stereocenters. The van der Waals surface area contributed by atoms with Gasteiger partial charge in [-0.3, -0.25) is 4.79 Å². The topological polar surface area (TPSA) is 52.6 Å². The van der Waals surface area contributed by atoms with Gasteiger partial charge in [-0.2, -0.15) is 0 Å². The number of esters is 1. The van der Waals surface area contributed by atoms with Crippen LogP contribution in [0.25, 0.3) is 0 Å². The Morgan fingerprint density at radius 2 is 1.15 bits per heavy atom. The number of hydrogen-bond acceptors (Lipinski definition) is 4. The van der Waals surface area contributed by atoms with Gasteiger partial charge < -0.3 is 9.47 Å². The molecule has 3 aromatic carbocycles. The average Bonchev–Trinajstić information content (AvgIpc) is 2.98. The maximum absolute atomic E-state index is 13.0. The van der Waals surface area contributed by atoms with Crippen molar-refractivity contribution in [3.8, 4) is 11.5 Å². The van der Waals surface area contributed by atoms with E-state index in [4.69, 9.17) is 9.47 Å². The number of hydrogen-bond donors (Lipinski definition) is 0. The van der Waals surface area contributed by atoms with Gasteiger partial charge in [0, 0.05) is 5.56 Å². The van der Waals surface area contributed by atoms with E-state index in [0.717, 1.165) is 30.6 Å². The lowest BCUT2D eigenvalue weighted by atomic mass is 9.82. The van der Waals surface area contributed by atoms with Crippen LogP contribution in [0.2, 0.25) is 0 Å². The zero-order chi connectivity index (χ0) is 27.2. The molecule has 4 nitrogen and oxygen atoms in total. The standard InChI is InChI=1S/C35H40O4/c1-24(36)27-15-17-30(18-16-27)35(37)39-34-20-14-26(23-32(34)29-11-7-4-8-12-29)21-25-13-19-33(38-2)31(22-25)28-9-5-3-6-10-28/h13-20,22-23,28-29H,3-12,21H2,1-2H3. The molecular formula is C35H40O4. The smallest absolute Gasteiger partial charge is 0.343 e. The van der Waals surface area contributed by atoms with Crippen LogP contribution in [0, 0.1) is 0 Å². The normalized spacial score (nSPS) is 16.6. The molecule has 0 unspecified atom stereocenters. The fourth-order valence-corrected chi connectivity index (χ4v) is 6.40. The average molecular weight is 525 g/mol. The van der Waals surface area contributed by atoms with Crippen LogP contribution in [0.15, 0.2) is 60.7 Å². The van der Waals surface area contributed by atoms with Crippen LogP contribution in [0.5, 0.6) is 11.5 Å². The molecule has 2 aliphatic carbocycles. The maximum atomic E-state index is 13.0. The Morgan fingerprint density at radius 3 is 1.67 bits per heavy atom. The fraction of sp³-hybridized carbons (Fsp3) is 0.429. The molecule has 2 saturated carbocycles. The Balaban J connectivity index is 1.39. The molecule has 0 amide bonds. The van der Waals surface area contributed by atoms with Crippen LogP contribution >= 0.6 is 0 Å². The van der Waals surface area contributed by atoms with Gasteiger partial charge in [-0.25, -0.2) is 4.79 Å². The first-order chi connectivity index (χ1) is 19.0. The second-order valence-electron chi connectivity index (χ2n) is 11.3. The molecule has 0 aliphatic heterocycles. The molecule has 0 saturated heterocycles. The van der Waals surface area contributed by atoms with E-state index < -0.39 is 0 Å². The summed E-state index contributed by atoms with van der Waals surface area (Å²) in [5.41, 5.74) is 6.06. The monoisotopic (exact) mass is 524 g/mol. The van der Waals surface area contributed by atoms with Crippen molar-refractivity contribution in [3.05, 3.63) is 94.0 Å². The molecule has 2 aliphatic rings. The van der Waals surface area contributed by atoms with Crippen LogP contribution in [0.1, 0.15) is 126 Å². The summed E-state index contributed by atoms with van der Waals surface area (Å²) in [5, 5.41) is 0. The number of ether oxygens (including phenoxy) is 2. The van der Waals surface area contributed by atoms with Crippen LogP contribution < -0.4 is 9.47 Å². The van der Waals surface area contributed by atoms with Crippen LogP contribution in [0.3, 0.4) is 0 Å². The molecule has 3 aromatic rings. The molecule has 0 spiro atoms. The lowest BCUT2D eigenvalue weighted by Crippen LogP contribution is -2.13. The second-order valence-corrected chi connectivity index (χ2v) is 11.3. The van der Waals surface area contributed by atoms with Crippen molar-refractivity contribution in [3.63, 3.8) is 0 Å². The number of ketones is 1. The van der Waals surface area contributed by atoms with E-state index in [-0.39, 0.29) is 11.8 Å². The summed E-state index contributed by atoms with van der Waals surface area (Å²) in [7, 11) is 1.77. The van der Waals surface area contributed by atoms with Gasteiger partial charge in [0.15, 0.2) is 5.78 Å². The molecule has 2 fully saturated rings. The van der Waals surface area contributed by atoms with E-state index in [9.17, 15) is 9.59 Å². The van der Waals surface area contributed by atoms with Crippen LogP contribution in [-0.4, -0.2) is 18.9 Å². The van der Waals surface area contributed by atoms with Gasteiger partial charge in [0.2, 0.25) is 0 Å². The zero-order valence-corrected chi connectivity index (χ0v) is 23.3. The lowest BCUT2D eigenvalue weighted by Gasteiger charge is -2.25. The fourth-order valence-electron chi connectivity index (χ4n) is 6.40. The highest BCUT2D eigenvalue weighted by Gasteiger charge is 2.23. The Kier molecular flexibility index (Phi) is 8.81. The Labute approximate surface area is 232 Å². The highest BCUT2D eigenvalue weighted by molar-refractivity contribution is 5.96. The number of carbonyl (C=O) groups excluding carboxylic acids is 2. The van der Waals surface area contributed by atoms with Gasteiger partial charge in [-0.1, -0.05) is 74.9 Å². The minimum Gasteiger partial charge on any atom is -0.496 e. The van der Waals surface area contributed by atoms with Crippen molar-refractivity contribution in [2.75, 3.05) is 7.11 Å². The molecule has 0 heterocycles. The van der Waals surface area contributed by atoms with Crippen molar-refractivity contribution in [1.82, 2.24) is 0 Å². The van der Waals surface area contributed by atoms with E-state index in [0.29, 0.717) is 28.7 Å². The lowest BCUT2D eigenvalue weighted by molar-refractivity contribution is 0.0731. The highest BCUT2D eigenvalue weighted by atomic mass is 16.5. The molecule has 39 heavy (non-hydrogen) atoms. The van der Waals surface area contributed by atoms with Gasteiger partial charge in [-0.15, -0.1) is 0 Å². The molecule has 0 bridgehead atoms. The molecule has 4 heteroatoms. The summed E-state index contributed by atoms with van der Waals surface area (Å²) < 4.78 is 11.7. The van der Waals surface area contributed by atoms with Crippen molar-refractivity contribution in [1.29, 1.82) is 0 Å². The summed E-state index contributed by atoms with van der Waals surface area (Å²) in [6.07, 6.45) is 13.2. The summed E-state index contributed by atoms with van der Waals surface area (Å²) >= 11 is 0. The predicted octanol–water partition coefficient (Wildman–Crippen LogP) is 8.80. The first kappa shape index (κ1) is 27.2. The minimum atomic E-state index is -0.387. The van der Waals surface area contributed by atoms with E-state index in [1.165, 1.54) is 75.0 Å². The highest BCUT2D eigenvalue weighted by Crippen LogP contribution is 2.40. The summed E-state index contributed by atoms with van der Waals surface area (Å²) in [6, 6.07) is 19.7. The molecule has 0 aromatic heterocycles. The third kappa shape index (κ3) is 6.61. The number of Topliss-reactive ketones (excluding diaryl/α,β-unsaturated/α-hetero) is 1. The Bertz CT molecular complexity index is 1290. The quantitative estimate of drug-likeness (QED) is 0.168. The molecular weight excluding hydrogens is 484 g/mol. The summed E-state index contributed by atoms with van der Waals surface area (Å²) in [4.78, 5) is 24.6. The Morgan fingerprint density at radius 1 is 0.667 bits per heavy atom. The third-order valence-corrected chi connectivity index (χ3v) is 8.60. The predicted molar refractivity (Wildman–Crippen MR) is 155 cm³/mol. The first-order valence-electron chi connectivity index (χ1n) is 14.6. The van der Waals surface area contributed by atoms with E-state index >= 15 is 0 Å². The number of methoxy groups -OCH3 is 1. The van der Waals surface area contributed by atoms with Gasteiger partial charge in [0.05, 0.1) is 12.7 Å². The van der Waals surface area contributed by atoms with Crippen molar-refractivity contribution in [2.45, 2.75) is 89.4 Å². The number of benzene rings is 3. The van der Waals surface area contributed by atoms with Crippen LogP contribution in [0.4, 0.5) is 0 Å². The number of carbonyl (C=O) groups is 2.